The number of rotatable bonds is 13. The van der Waals surface area contributed by atoms with Crippen molar-refractivity contribution in [3.8, 4) is 0 Å². The number of nitrogens with two attached hydrogens (primary N) is 1. The first-order valence-electron chi connectivity index (χ1n) is 14.5. The van der Waals surface area contributed by atoms with Crippen LogP contribution in [0.25, 0.3) is 0 Å². The maximum Gasteiger partial charge on any atom is 0.273 e. The summed E-state index contributed by atoms with van der Waals surface area (Å²) in [5.41, 5.74) is 10.5. The minimum atomic E-state index is -3.03. The van der Waals surface area contributed by atoms with Crippen molar-refractivity contribution >= 4 is 23.6 Å². The van der Waals surface area contributed by atoms with Crippen LogP contribution in [0.4, 0.5) is 8.78 Å². The second kappa shape index (κ2) is 15.0. The molecule has 8 heteroatoms. The Hall–Kier alpha value is -3.42. The van der Waals surface area contributed by atoms with Gasteiger partial charge in [-0.1, -0.05) is 46.4 Å². The van der Waals surface area contributed by atoms with Crippen molar-refractivity contribution in [2.45, 2.75) is 91.5 Å². The summed E-state index contributed by atoms with van der Waals surface area (Å²) < 4.78 is 29.5. The van der Waals surface area contributed by atoms with Crippen molar-refractivity contribution in [3.05, 3.63) is 70.6 Å². The van der Waals surface area contributed by atoms with Gasteiger partial charge in [0, 0.05) is 77.9 Å². The molecule has 2 atom stereocenters. The van der Waals surface area contributed by atoms with E-state index in [2.05, 4.69) is 18.2 Å². The van der Waals surface area contributed by atoms with E-state index in [1.54, 1.807) is 18.9 Å². The Labute approximate surface area is 244 Å². The highest BCUT2D eigenvalue weighted by Gasteiger charge is 2.38. The maximum atomic E-state index is 14.8. The number of carbonyl (C=O) groups is 2. The second-order valence-corrected chi connectivity index (χ2v) is 10.7. The minimum Gasteiger partial charge on any atom is -0.402 e. The molecule has 1 fully saturated rings. The number of benzene rings is 1. The largest absolute Gasteiger partial charge is 0.402 e. The van der Waals surface area contributed by atoms with Gasteiger partial charge in [-0.2, -0.15) is 0 Å². The summed E-state index contributed by atoms with van der Waals surface area (Å²) in [4.78, 5) is 37.4. The molecule has 2 rings (SSSR count). The molecule has 2 unspecified atom stereocenters. The zero-order valence-corrected chi connectivity index (χ0v) is 25.5. The van der Waals surface area contributed by atoms with Gasteiger partial charge in [-0.05, 0) is 57.2 Å². The number of alkyl halides is 2. The number of hydrogen-bond donors (Lipinski definition) is 1. The molecule has 0 saturated carbocycles. The normalized spacial score (nSPS) is 19.0. The first kappa shape index (κ1) is 33.8. The van der Waals surface area contributed by atoms with Crippen molar-refractivity contribution in [2.24, 2.45) is 21.6 Å². The van der Waals surface area contributed by atoms with Gasteiger partial charge in [0.1, 0.15) is 0 Å². The smallest absolute Gasteiger partial charge is 0.273 e. The number of aliphatic imine (C=N–C) groups is 2. The number of likely N-dealkylation sites (tertiary alicyclic amines) is 1. The van der Waals surface area contributed by atoms with Crippen molar-refractivity contribution < 1.29 is 18.4 Å². The van der Waals surface area contributed by atoms with E-state index in [9.17, 15) is 18.4 Å². The van der Waals surface area contributed by atoms with Crippen LogP contribution < -0.4 is 5.73 Å². The van der Waals surface area contributed by atoms with Gasteiger partial charge >= 0.3 is 0 Å². The standard InChI is InChI=1S/C33H46F2N4O2/c1-9-13-27(36)31-28(38-21(5)6)18-19-39(29(31)17-14-23(10-2)30(40)11-3)32(41)24-15-16-26(33(34,35)12-4)22(7)25(24)20-37-8/h11,15-16,20,23,29H,3,5,9-10,12-14,17-19,36H2,1-2,4,6-8H3/b31-27+,37-20?,38-28?. The molecule has 0 aliphatic carbocycles. The summed E-state index contributed by atoms with van der Waals surface area (Å²) >= 11 is 0. The van der Waals surface area contributed by atoms with Crippen LogP contribution in [0, 0.1) is 12.8 Å². The average Bonchev–Trinajstić information content (AvgIpc) is 2.93. The highest BCUT2D eigenvalue weighted by Crippen LogP contribution is 2.37. The van der Waals surface area contributed by atoms with Crippen LogP contribution >= 0.6 is 0 Å². The number of nitrogens with zero attached hydrogens (tertiary/aromatic N) is 3. The fourth-order valence-electron chi connectivity index (χ4n) is 5.58. The van der Waals surface area contributed by atoms with E-state index in [1.165, 1.54) is 31.3 Å². The van der Waals surface area contributed by atoms with Crippen LogP contribution in [0.15, 0.2) is 58.3 Å². The number of allylic oxidation sites excluding steroid dienone is 3. The summed E-state index contributed by atoms with van der Waals surface area (Å²) in [5.74, 6) is -3.59. The summed E-state index contributed by atoms with van der Waals surface area (Å²) in [6, 6.07) is 2.38. The zero-order chi connectivity index (χ0) is 30.9. The van der Waals surface area contributed by atoms with Gasteiger partial charge in [-0.3, -0.25) is 19.6 Å². The molecule has 224 valence electrons. The lowest BCUT2D eigenvalue weighted by atomic mass is 9.83. The molecule has 2 N–H and O–H groups in total. The van der Waals surface area contributed by atoms with Crippen LogP contribution in [0.2, 0.25) is 0 Å². The molecule has 1 amide bonds. The van der Waals surface area contributed by atoms with E-state index in [4.69, 9.17) is 10.7 Å². The number of amides is 1. The number of hydrogen-bond acceptors (Lipinski definition) is 5. The Morgan fingerprint density at radius 3 is 2.49 bits per heavy atom. The van der Waals surface area contributed by atoms with E-state index in [0.717, 1.165) is 17.7 Å². The van der Waals surface area contributed by atoms with Crippen LogP contribution in [-0.4, -0.2) is 48.2 Å². The first-order valence-corrected chi connectivity index (χ1v) is 14.5. The average molecular weight is 569 g/mol. The van der Waals surface area contributed by atoms with E-state index >= 15 is 0 Å². The first-order chi connectivity index (χ1) is 19.4. The monoisotopic (exact) mass is 568 g/mol. The van der Waals surface area contributed by atoms with E-state index < -0.39 is 12.0 Å². The summed E-state index contributed by atoms with van der Waals surface area (Å²) in [6.07, 6.45) is 6.04. The third-order valence-corrected chi connectivity index (χ3v) is 7.79. The van der Waals surface area contributed by atoms with Crippen LogP contribution in [0.5, 0.6) is 0 Å². The van der Waals surface area contributed by atoms with E-state index in [1.807, 2.05) is 20.8 Å². The number of piperidine rings is 1. The van der Waals surface area contributed by atoms with Gasteiger partial charge in [0.05, 0.1) is 6.04 Å². The zero-order valence-electron chi connectivity index (χ0n) is 25.5. The molecule has 1 aliphatic heterocycles. The Morgan fingerprint density at radius 2 is 1.95 bits per heavy atom. The van der Waals surface area contributed by atoms with Crippen LogP contribution in [-0.2, 0) is 10.7 Å². The Kier molecular flexibility index (Phi) is 12.4. The predicted molar refractivity (Wildman–Crippen MR) is 165 cm³/mol. The molecule has 0 bridgehead atoms. The topological polar surface area (TPSA) is 88.1 Å². The van der Waals surface area contributed by atoms with Crippen LogP contribution in [0.1, 0.15) is 99.7 Å². The molecule has 6 nitrogen and oxygen atoms in total. The lowest BCUT2D eigenvalue weighted by molar-refractivity contribution is -0.118. The molecule has 0 spiro atoms. The predicted octanol–water partition coefficient (Wildman–Crippen LogP) is 7.31. The Balaban J connectivity index is 2.74. The summed E-state index contributed by atoms with van der Waals surface area (Å²) in [7, 11) is 1.55. The molecular weight excluding hydrogens is 522 g/mol. The highest BCUT2D eigenvalue weighted by molar-refractivity contribution is 6.08. The lowest BCUT2D eigenvalue weighted by Gasteiger charge is -2.40. The van der Waals surface area contributed by atoms with E-state index in [0.29, 0.717) is 66.7 Å². The molecular formula is C33H46F2N4O2. The molecule has 1 aromatic rings. The number of ketones is 1. The Morgan fingerprint density at radius 1 is 1.27 bits per heavy atom. The molecule has 1 aromatic carbocycles. The highest BCUT2D eigenvalue weighted by atomic mass is 19.3. The molecule has 1 aliphatic rings. The fourth-order valence-corrected chi connectivity index (χ4v) is 5.58. The van der Waals surface area contributed by atoms with Gasteiger partial charge in [0.25, 0.3) is 11.8 Å². The van der Waals surface area contributed by atoms with Gasteiger partial charge in [-0.15, -0.1) is 0 Å². The molecule has 1 heterocycles. The quantitative estimate of drug-likeness (QED) is 0.200. The van der Waals surface area contributed by atoms with Gasteiger partial charge in [0.2, 0.25) is 0 Å². The SMILES string of the molecule is C=CC(=O)C(CC)CCC1/C(=C(/N)CCC)C(=NC(=C)C)CCN1C(=O)c1ccc(C(F)(F)CC)c(C)c1C=NC. The summed E-state index contributed by atoms with van der Waals surface area (Å²) in [5, 5.41) is 0. The van der Waals surface area contributed by atoms with Gasteiger partial charge < -0.3 is 10.6 Å². The van der Waals surface area contributed by atoms with Crippen LogP contribution in [0.3, 0.4) is 0 Å². The maximum absolute atomic E-state index is 14.8. The number of carbonyl (C=O) groups excluding carboxylic acids is 2. The van der Waals surface area contributed by atoms with E-state index in [-0.39, 0.29) is 29.6 Å². The van der Waals surface area contributed by atoms with Gasteiger partial charge in [-0.25, -0.2) is 8.78 Å². The summed E-state index contributed by atoms with van der Waals surface area (Å²) in [6.45, 7) is 16.8. The fraction of sp³-hybridized carbons (Fsp3) is 0.515. The second-order valence-electron chi connectivity index (χ2n) is 10.7. The van der Waals surface area contributed by atoms with Crippen molar-refractivity contribution in [2.75, 3.05) is 13.6 Å². The molecule has 1 saturated heterocycles. The minimum absolute atomic E-state index is 0.0337. The van der Waals surface area contributed by atoms with Crippen molar-refractivity contribution in [3.63, 3.8) is 0 Å². The van der Waals surface area contributed by atoms with Gasteiger partial charge in [0.15, 0.2) is 5.78 Å². The van der Waals surface area contributed by atoms with Crippen molar-refractivity contribution in [1.29, 1.82) is 0 Å². The molecule has 0 aromatic heterocycles. The molecule has 41 heavy (non-hydrogen) atoms. The third-order valence-electron chi connectivity index (χ3n) is 7.79. The molecule has 0 radical (unpaired) electrons. The Bertz CT molecular complexity index is 1250. The number of halogens is 2. The van der Waals surface area contributed by atoms with Crippen molar-refractivity contribution in [1.82, 2.24) is 4.90 Å². The lowest BCUT2D eigenvalue weighted by Crippen LogP contribution is -2.49. The third kappa shape index (κ3) is 7.86.